The van der Waals surface area contributed by atoms with E-state index < -0.39 is 0 Å². The average molecular weight is 277 g/mol. The number of nitrogens with zero attached hydrogens (tertiary/aromatic N) is 4. The number of oxime groups is 1. The van der Waals surface area contributed by atoms with Crippen LogP contribution in [0.5, 0.6) is 0 Å². The molecule has 0 spiro atoms. The molecule has 6 nitrogen and oxygen atoms in total. The van der Waals surface area contributed by atoms with E-state index in [9.17, 15) is 0 Å². The van der Waals surface area contributed by atoms with E-state index in [-0.39, 0.29) is 5.84 Å². The third-order valence-electron chi connectivity index (χ3n) is 2.77. The summed E-state index contributed by atoms with van der Waals surface area (Å²) in [5, 5.41) is 20.8. The van der Waals surface area contributed by atoms with Gasteiger partial charge in [-0.2, -0.15) is 0 Å². The van der Waals surface area contributed by atoms with Gasteiger partial charge >= 0.3 is 0 Å². The molecule has 0 aliphatic carbocycles. The van der Waals surface area contributed by atoms with Gasteiger partial charge in [-0.3, -0.25) is 0 Å². The van der Waals surface area contributed by atoms with Crippen molar-refractivity contribution >= 4 is 17.6 Å². The molecule has 2 aromatic rings. The molecule has 0 unspecified atom stereocenters. The summed E-state index contributed by atoms with van der Waals surface area (Å²) >= 11 is 1.43. The predicted molar refractivity (Wildman–Crippen MR) is 73.6 cm³/mol. The lowest BCUT2D eigenvalue weighted by molar-refractivity contribution is 0.318. The van der Waals surface area contributed by atoms with Crippen molar-refractivity contribution in [1.82, 2.24) is 14.8 Å². The minimum absolute atomic E-state index is 0.0880. The average Bonchev–Trinajstić information content (AvgIpc) is 2.71. The molecule has 0 atom stereocenters. The zero-order valence-electron chi connectivity index (χ0n) is 11.0. The third kappa shape index (κ3) is 2.70. The normalized spacial score (nSPS) is 11.8. The van der Waals surface area contributed by atoms with Gasteiger partial charge in [-0.05, 0) is 37.7 Å². The third-order valence-corrected chi connectivity index (χ3v) is 3.89. The summed E-state index contributed by atoms with van der Waals surface area (Å²) in [5.74, 6) is 0.921. The van der Waals surface area contributed by atoms with Gasteiger partial charge in [0.05, 0.1) is 0 Å². The molecule has 1 aromatic carbocycles. The minimum Gasteiger partial charge on any atom is -0.409 e. The molecule has 2 rings (SSSR count). The van der Waals surface area contributed by atoms with Crippen LogP contribution in [0.1, 0.15) is 17.0 Å². The predicted octanol–water partition coefficient (Wildman–Crippen LogP) is 1.68. The Morgan fingerprint density at radius 1 is 1.37 bits per heavy atom. The highest BCUT2D eigenvalue weighted by atomic mass is 32.2. The molecular formula is C12H15N5OS. The first kappa shape index (κ1) is 13.4. The lowest BCUT2D eigenvalue weighted by atomic mass is 10.1. The number of rotatable bonds is 3. The number of aryl methyl sites for hydroxylation is 2. The molecule has 19 heavy (non-hydrogen) atoms. The molecule has 0 saturated carbocycles. The van der Waals surface area contributed by atoms with Crippen LogP contribution in [0, 0.1) is 13.8 Å². The van der Waals surface area contributed by atoms with Gasteiger partial charge in [0.2, 0.25) is 0 Å². The molecule has 0 radical (unpaired) electrons. The van der Waals surface area contributed by atoms with E-state index in [4.69, 9.17) is 10.9 Å². The van der Waals surface area contributed by atoms with Gasteiger partial charge in [0, 0.05) is 17.5 Å². The highest BCUT2D eigenvalue weighted by molar-refractivity contribution is 7.99. The van der Waals surface area contributed by atoms with E-state index in [1.165, 1.54) is 11.8 Å². The summed E-state index contributed by atoms with van der Waals surface area (Å²) in [4.78, 5) is 0.872. The lowest BCUT2D eigenvalue weighted by Gasteiger charge is -2.08. The first-order valence-corrected chi connectivity index (χ1v) is 6.47. The maximum atomic E-state index is 8.85. The Kier molecular flexibility index (Phi) is 3.75. The van der Waals surface area contributed by atoms with E-state index in [0.717, 1.165) is 21.4 Å². The molecule has 3 N–H and O–H groups in total. The Morgan fingerprint density at radius 2 is 2.11 bits per heavy atom. The van der Waals surface area contributed by atoms with Crippen molar-refractivity contribution in [3.63, 3.8) is 0 Å². The molecule has 0 saturated heterocycles. The molecule has 0 amide bonds. The molecule has 0 fully saturated rings. The van der Waals surface area contributed by atoms with Gasteiger partial charge in [0.15, 0.2) is 11.0 Å². The Bertz CT molecular complexity index is 635. The van der Waals surface area contributed by atoms with E-state index in [0.29, 0.717) is 5.56 Å². The van der Waals surface area contributed by atoms with Crippen molar-refractivity contribution < 1.29 is 5.21 Å². The first-order valence-electron chi connectivity index (χ1n) is 5.65. The summed E-state index contributed by atoms with van der Waals surface area (Å²) in [5.41, 5.74) is 7.43. The van der Waals surface area contributed by atoms with Crippen molar-refractivity contribution in [2.45, 2.75) is 23.9 Å². The smallest absolute Gasteiger partial charge is 0.195 e. The van der Waals surface area contributed by atoms with Crippen molar-refractivity contribution in [3.8, 4) is 0 Å². The maximum Gasteiger partial charge on any atom is 0.195 e. The molecule has 1 heterocycles. The number of amidine groups is 1. The summed E-state index contributed by atoms with van der Waals surface area (Å²) in [6, 6.07) is 5.78. The summed E-state index contributed by atoms with van der Waals surface area (Å²) in [6.45, 7) is 3.84. The molecule has 0 aliphatic rings. The van der Waals surface area contributed by atoms with Gasteiger partial charge in [0.1, 0.15) is 5.82 Å². The van der Waals surface area contributed by atoms with Gasteiger partial charge in [-0.25, -0.2) is 0 Å². The number of benzene rings is 1. The number of hydrogen-bond acceptors (Lipinski definition) is 5. The Hall–Kier alpha value is -2.02. The van der Waals surface area contributed by atoms with E-state index in [1.54, 1.807) is 0 Å². The quantitative estimate of drug-likeness (QED) is 0.385. The fourth-order valence-corrected chi connectivity index (χ4v) is 2.52. The van der Waals surface area contributed by atoms with Crippen LogP contribution in [0.25, 0.3) is 0 Å². The van der Waals surface area contributed by atoms with E-state index >= 15 is 0 Å². The fraction of sp³-hybridized carbons (Fsp3) is 0.250. The highest BCUT2D eigenvalue weighted by Crippen LogP contribution is 2.29. The molecule has 100 valence electrons. The standard InChI is InChI=1S/C12H15N5OS/c1-7-4-5-10(9(6-7)11(13)16-18)19-12-15-14-8(2)17(12)3/h4-6,18H,1-3H3,(H2,13,16). The second kappa shape index (κ2) is 5.31. The van der Waals surface area contributed by atoms with Crippen LogP contribution in [0.2, 0.25) is 0 Å². The Morgan fingerprint density at radius 3 is 2.68 bits per heavy atom. The first-order chi connectivity index (χ1) is 9.02. The largest absolute Gasteiger partial charge is 0.409 e. The van der Waals surface area contributed by atoms with Gasteiger partial charge in [0.25, 0.3) is 0 Å². The fourth-order valence-electron chi connectivity index (χ4n) is 1.56. The van der Waals surface area contributed by atoms with Crippen LogP contribution < -0.4 is 5.73 Å². The van der Waals surface area contributed by atoms with E-state index in [1.807, 2.05) is 43.7 Å². The van der Waals surface area contributed by atoms with Crippen LogP contribution in [-0.2, 0) is 7.05 Å². The van der Waals surface area contributed by atoms with Crippen LogP contribution in [0.15, 0.2) is 33.4 Å². The zero-order chi connectivity index (χ0) is 14.0. The minimum atomic E-state index is 0.0880. The van der Waals surface area contributed by atoms with Crippen molar-refractivity contribution in [2.75, 3.05) is 0 Å². The van der Waals surface area contributed by atoms with Crippen LogP contribution >= 0.6 is 11.8 Å². The van der Waals surface area contributed by atoms with Crippen LogP contribution in [0.3, 0.4) is 0 Å². The van der Waals surface area contributed by atoms with Gasteiger partial charge < -0.3 is 15.5 Å². The molecule has 0 aliphatic heterocycles. The van der Waals surface area contributed by atoms with E-state index in [2.05, 4.69) is 15.4 Å². The summed E-state index contributed by atoms with van der Waals surface area (Å²) < 4.78 is 1.89. The second-order valence-corrected chi connectivity index (χ2v) is 5.18. The van der Waals surface area contributed by atoms with Crippen molar-refractivity contribution in [1.29, 1.82) is 0 Å². The van der Waals surface area contributed by atoms with Crippen LogP contribution in [0.4, 0.5) is 0 Å². The summed E-state index contributed by atoms with van der Waals surface area (Å²) in [7, 11) is 1.90. The number of nitrogens with two attached hydrogens (primary N) is 1. The zero-order valence-corrected chi connectivity index (χ0v) is 11.8. The second-order valence-electron chi connectivity index (χ2n) is 4.18. The molecule has 0 bridgehead atoms. The highest BCUT2D eigenvalue weighted by Gasteiger charge is 2.13. The molecule has 7 heteroatoms. The topological polar surface area (TPSA) is 89.3 Å². The lowest BCUT2D eigenvalue weighted by Crippen LogP contribution is -2.14. The SMILES string of the molecule is Cc1ccc(Sc2nnc(C)n2C)c(/C(N)=N/O)c1. The van der Waals surface area contributed by atoms with Crippen molar-refractivity contribution in [2.24, 2.45) is 17.9 Å². The maximum absolute atomic E-state index is 8.85. The van der Waals surface area contributed by atoms with Crippen molar-refractivity contribution in [3.05, 3.63) is 35.2 Å². The molecule has 1 aromatic heterocycles. The Labute approximate surface area is 115 Å². The Balaban J connectivity index is 2.43. The summed E-state index contributed by atoms with van der Waals surface area (Å²) in [6.07, 6.45) is 0. The van der Waals surface area contributed by atoms with Gasteiger partial charge in [-0.1, -0.05) is 16.8 Å². The monoisotopic (exact) mass is 277 g/mol. The number of hydrogen-bond donors (Lipinski definition) is 2. The van der Waals surface area contributed by atoms with Crippen LogP contribution in [-0.4, -0.2) is 25.8 Å². The number of aromatic nitrogens is 3. The molecular weight excluding hydrogens is 262 g/mol. The van der Waals surface area contributed by atoms with Gasteiger partial charge in [-0.15, -0.1) is 10.2 Å².